The molecule has 9 heteroatoms. The van der Waals surface area contributed by atoms with E-state index in [1.807, 2.05) is 19.2 Å². The van der Waals surface area contributed by atoms with Gasteiger partial charge in [-0.15, -0.1) is 0 Å². The lowest BCUT2D eigenvalue weighted by molar-refractivity contribution is 0.122. The number of hydrogen-bond donors (Lipinski definition) is 1. The van der Waals surface area contributed by atoms with Gasteiger partial charge in [0.2, 0.25) is 0 Å². The number of pyridine rings is 2. The predicted octanol–water partition coefficient (Wildman–Crippen LogP) is 4.57. The summed E-state index contributed by atoms with van der Waals surface area (Å²) in [6.45, 7) is 13.9. The zero-order valence-corrected chi connectivity index (χ0v) is 21.2. The summed E-state index contributed by atoms with van der Waals surface area (Å²) in [5.41, 5.74) is 3.45. The molecule has 1 N–H and O–H groups in total. The van der Waals surface area contributed by atoms with Crippen molar-refractivity contribution in [2.24, 2.45) is 5.92 Å². The highest BCUT2D eigenvalue weighted by atomic mass is 19.1. The lowest BCUT2D eigenvalue weighted by Gasteiger charge is -2.37. The van der Waals surface area contributed by atoms with Crippen LogP contribution in [0.25, 0.3) is 10.9 Å². The monoisotopic (exact) mass is 496 g/mol. The molecule has 3 aromatic rings. The number of anilines is 4. The molecule has 36 heavy (non-hydrogen) atoms. The highest BCUT2D eigenvalue weighted by molar-refractivity contribution is 5.97. The summed E-state index contributed by atoms with van der Waals surface area (Å²) in [7, 11) is 0. The molecule has 0 atom stereocenters. The van der Waals surface area contributed by atoms with Crippen LogP contribution in [0.5, 0.6) is 0 Å². The standard InChI is InChI=1S/C27H34F2N6O/c1-18(2)17-33-4-6-35(7-5-33)27-19(3)26(25-23(29)12-20(28)13-24(25)32-27)31-21-14-22(16-30-15-21)34-8-10-36-11-9-34/h12-16,18H,4-11,17H2,1-3H3,(H,31,32). The minimum atomic E-state index is -0.633. The fourth-order valence-corrected chi connectivity index (χ4v) is 5.15. The Morgan fingerprint density at radius 3 is 2.44 bits per heavy atom. The van der Waals surface area contributed by atoms with Gasteiger partial charge in [0.1, 0.15) is 17.5 Å². The van der Waals surface area contributed by atoms with Gasteiger partial charge in [0, 0.05) is 63.5 Å². The molecule has 0 amide bonds. The van der Waals surface area contributed by atoms with Gasteiger partial charge in [-0.3, -0.25) is 9.88 Å². The minimum absolute atomic E-state index is 0.285. The van der Waals surface area contributed by atoms with E-state index in [0.29, 0.717) is 30.3 Å². The Hall–Kier alpha value is -3.04. The summed E-state index contributed by atoms with van der Waals surface area (Å²) in [4.78, 5) is 16.1. The van der Waals surface area contributed by atoms with Crippen LogP contribution in [0.2, 0.25) is 0 Å². The molecule has 2 fully saturated rings. The topological polar surface area (TPSA) is 56.8 Å². The molecule has 2 aliphatic rings. The van der Waals surface area contributed by atoms with E-state index in [9.17, 15) is 4.39 Å². The van der Waals surface area contributed by atoms with Crippen LogP contribution in [0, 0.1) is 24.5 Å². The maximum atomic E-state index is 15.1. The van der Waals surface area contributed by atoms with Crippen molar-refractivity contribution in [3.63, 3.8) is 0 Å². The molecule has 7 nitrogen and oxygen atoms in total. The van der Waals surface area contributed by atoms with Crippen LogP contribution in [0.3, 0.4) is 0 Å². The van der Waals surface area contributed by atoms with Gasteiger partial charge in [-0.1, -0.05) is 13.8 Å². The van der Waals surface area contributed by atoms with Crippen LogP contribution in [0.15, 0.2) is 30.6 Å². The molecule has 5 rings (SSSR count). The van der Waals surface area contributed by atoms with E-state index in [-0.39, 0.29) is 5.39 Å². The Kier molecular flexibility index (Phi) is 7.20. The van der Waals surface area contributed by atoms with Gasteiger partial charge in [-0.2, -0.15) is 0 Å². The zero-order chi connectivity index (χ0) is 25.2. The SMILES string of the molecule is Cc1c(N2CCN(CC(C)C)CC2)nc2cc(F)cc(F)c2c1Nc1cncc(N2CCOCC2)c1. The molecule has 192 valence electrons. The van der Waals surface area contributed by atoms with E-state index in [4.69, 9.17) is 9.72 Å². The maximum absolute atomic E-state index is 15.1. The summed E-state index contributed by atoms with van der Waals surface area (Å²) < 4.78 is 34.8. The zero-order valence-electron chi connectivity index (χ0n) is 21.2. The molecule has 0 unspecified atom stereocenters. The summed E-state index contributed by atoms with van der Waals surface area (Å²) in [5.74, 6) is 0.108. The van der Waals surface area contributed by atoms with E-state index in [1.54, 1.807) is 6.20 Å². The van der Waals surface area contributed by atoms with E-state index < -0.39 is 11.6 Å². The highest BCUT2D eigenvalue weighted by Gasteiger charge is 2.24. The van der Waals surface area contributed by atoms with Crippen molar-refractivity contribution in [1.82, 2.24) is 14.9 Å². The van der Waals surface area contributed by atoms with Crippen LogP contribution in [-0.4, -0.2) is 73.9 Å². The van der Waals surface area contributed by atoms with Gasteiger partial charge in [-0.25, -0.2) is 13.8 Å². The van der Waals surface area contributed by atoms with Crippen LogP contribution >= 0.6 is 0 Å². The summed E-state index contributed by atoms with van der Waals surface area (Å²) in [6.07, 6.45) is 3.55. The van der Waals surface area contributed by atoms with Gasteiger partial charge in [0.05, 0.1) is 53.6 Å². The molecule has 0 spiro atoms. The first kappa shape index (κ1) is 24.6. The third-order valence-corrected chi connectivity index (χ3v) is 6.89. The molecular formula is C27H34F2N6O. The van der Waals surface area contributed by atoms with Gasteiger partial charge >= 0.3 is 0 Å². The fraction of sp³-hybridized carbons (Fsp3) is 0.481. The number of fused-ring (bicyclic) bond motifs is 1. The molecule has 2 aliphatic heterocycles. The quantitative estimate of drug-likeness (QED) is 0.536. The summed E-state index contributed by atoms with van der Waals surface area (Å²) in [6, 6.07) is 4.24. The van der Waals surface area contributed by atoms with Crippen LogP contribution < -0.4 is 15.1 Å². The fourth-order valence-electron chi connectivity index (χ4n) is 5.15. The summed E-state index contributed by atoms with van der Waals surface area (Å²) in [5, 5.41) is 3.69. The average Bonchev–Trinajstić information content (AvgIpc) is 2.86. The molecule has 2 saturated heterocycles. The number of nitrogens with zero attached hydrogens (tertiary/aromatic N) is 5. The molecule has 2 aromatic heterocycles. The normalized spacial score (nSPS) is 17.3. The van der Waals surface area contributed by atoms with Gasteiger partial charge in [-0.05, 0) is 18.9 Å². The number of piperazine rings is 1. The lowest BCUT2D eigenvalue weighted by atomic mass is 10.1. The van der Waals surface area contributed by atoms with E-state index in [2.05, 4.69) is 38.8 Å². The number of rotatable bonds is 6. The molecule has 1 aromatic carbocycles. The summed E-state index contributed by atoms with van der Waals surface area (Å²) >= 11 is 0. The number of hydrogen-bond acceptors (Lipinski definition) is 7. The highest BCUT2D eigenvalue weighted by Crippen LogP contribution is 2.37. The maximum Gasteiger partial charge on any atom is 0.137 e. The number of benzene rings is 1. The number of ether oxygens (including phenoxy) is 1. The Morgan fingerprint density at radius 2 is 1.72 bits per heavy atom. The molecule has 0 saturated carbocycles. The lowest BCUT2D eigenvalue weighted by Crippen LogP contribution is -2.48. The minimum Gasteiger partial charge on any atom is -0.378 e. The molecular weight excluding hydrogens is 462 g/mol. The van der Waals surface area contributed by atoms with Crippen molar-refractivity contribution in [1.29, 1.82) is 0 Å². The van der Waals surface area contributed by atoms with Crippen molar-refractivity contribution in [3.8, 4) is 0 Å². The first-order valence-electron chi connectivity index (χ1n) is 12.7. The first-order valence-corrected chi connectivity index (χ1v) is 12.7. The van der Waals surface area contributed by atoms with Gasteiger partial charge < -0.3 is 19.9 Å². The molecule has 4 heterocycles. The second-order valence-electron chi connectivity index (χ2n) is 10.1. The van der Waals surface area contributed by atoms with Crippen molar-refractivity contribution < 1.29 is 13.5 Å². The van der Waals surface area contributed by atoms with Crippen molar-refractivity contribution in [2.45, 2.75) is 20.8 Å². The smallest absolute Gasteiger partial charge is 0.137 e. The second kappa shape index (κ2) is 10.5. The van der Waals surface area contributed by atoms with Gasteiger partial charge in [0.25, 0.3) is 0 Å². The van der Waals surface area contributed by atoms with Crippen LogP contribution in [0.1, 0.15) is 19.4 Å². The van der Waals surface area contributed by atoms with Crippen LogP contribution in [0.4, 0.5) is 31.7 Å². The average molecular weight is 497 g/mol. The number of aromatic nitrogens is 2. The van der Waals surface area contributed by atoms with E-state index >= 15 is 4.39 Å². The molecule has 0 bridgehead atoms. The molecule has 0 radical (unpaired) electrons. The Labute approximate surface area is 211 Å². The van der Waals surface area contributed by atoms with E-state index in [1.165, 1.54) is 6.07 Å². The van der Waals surface area contributed by atoms with Crippen molar-refractivity contribution in [3.05, 3.63) is 47.8 Å². The Bertz CT molecular complexity index is 1220. The van der Waals surface area contributed by atoms with Crippen molar-refractivity contribution in [2.75, 3.05) is 74.1 Å². The third-order valence-electron chi connectivity index (χ3n) is 6.89. The second-order valence-corrected chi connectivity index (χ2v) is 10.1. The van der Waals surface area contributed by atoms with Crippen molar-refractivity contribution >= 4 is 33.8 Å². The number of morpholine rings is 1. The Morgan fingerprint density at radius 1 is 0.972 bits per heavy atom. The van der Waals surface area contributed by atoms with Crippen LogP contribution in [-0.2, 0) is 4.74 Å². The third kappa shape index (κ3) is 5.22. The Balaban J connectivity index is 1.50. The predicted molar refractivity (Wildman–Crippen MR) is 140 cm³/mol. The number of halogens is 2. The molecule has 0 aliphatic carbocycles. The largest absolute Gasteiger partial charge is 0.378 e. The first-order chi connectivity index (χ1) is 17.4. The number of nitrogens with one attached hydrogen (secondary N) is 1. The van der Waals surface area contributed by atoms with Gasteiger partial charge in [0.15, 0.2) is 0 Å². The van der Waals surface area contributed by atoms with E-state index in [0.717, 1.165) is 74.6 Å².